The number of rotatable bonds is 7. The van der Waals surface area contributed by atoms with Crippen LogP contribution in [0.15, 0.2) is 60.7 Å². The normalized spacial score (nSPS) is 11.5. The van der Waals surface area contributed by atoms with Gasteiger partial charge in [0.25, 0.3) is 0 Å². The minimum Gasteiger partial charge on any atom is -0.384 e. The monoisotopic (exact) mass is 270 g/mol. The first kappa shape index (κ1) is 14.8. The van der Waals surface area contributed by atoms with Gasteiger partial charge < -0.3 is 9.47 Å². The van der Waals surface area contributed by atoms with E-state index in [9.17, 15) is 0 Å². The highest BCUT2D eigenvalue weighted by molar-refractivity contribution is 5.30. The van der Waals surface area contributed by atoms with Crippen molar-refractivity contribution in [3.05, 3.63) is 71.8 Å². The lowest BCUT2D eigenvalue weighted by Crippen LogP contribution is -2.38. The molecule has 2 aromatic carbocycles. The summed E-state index contributed by atoms with van der Waals surface area (Å²) in [4.78, 5) is 0. The third-order valence-corrected chi connectivity index (χ3v) is 3.61. The molecule has 0 radical (unpaired) electrons. The van der Waals surface area contributed by atoms with E-state index in [1.165, 1.54) is 11.1 Å². The number of methoxy groups -OCH3 is 2. The van der Waals surface area contributed by atoms with E-state index in [4.69, 9.17) is 9.47 Å². The number of benzene rings is 2. The Morgan fingerprint density at radius 3 is 1.75 bits per heavy atom. The standard InChI is InChI=1S/C18H22O2/c1-19-14-18(15-20-2,17-11-7-4-8-12-17)13-16-9-5-3-6-10-16/h3-12H,13-15H2,1-2H3. The van der Waals surface area contributed by atoms with Gasteiger partial charge in [0.15, 0.2) is 0 Å². The number of hydrogen-bond acceptors (Lipinski definition) is 2. The number of hydrogen-bond donors (Lipinski definition) is 0. The first-order valence-electron chi connectivity index (χ1n) is 6.88. The average Bonchev–Trinajstić information content (AvgIpc) is 2.49. The number of ether oxygens (including phenoxy) is 2. The Bertz CT molecular complexity index is 487. The lowest BCUT2D eigenvalue weighted by molar-refractivity contribution is 0.0590. The van der Waals surface area contributed by atoms with Crippen LogP contribution in [0.5, 0.6) is 0 Å². The smallest absolute Gasteiger partial charge is 0.0584 e. The molecule has 0 aliphatic heterocycles. The summed E-state index contributed by atoms with van der Waals surface area (Å²) >= 11 is 0. The predicted octanol–water partition coefficient (Wildman–Crippen LogP) is 3.46. The van der Waals surface area contributed by atoms with Crippen LogP contribution in [0.2, 0.25) is 0 Å². The van der Waals surface area contributed by atoms with E-state index >= 15 is 0 Å². The Kier molecular flexibility index (Phi) is 5.33. The molecule has 0 unspecified atom stereocenters. The minimum atomic E-state index is -0.147. The Hall–Kier alpha value is -1.64. The molecule has 2 rings (SSSR count). The highest BCUT2D eigenvalue weighted by atomic mass is 16.5. The van der Waals surface area contributed by atoms with Gasteiger partial charge in [-0.05, 0) is 17.5 Å². The zero-order valence-electron chi connectivity index (χ0n) is 12.2. The minimum absolute atomic E-state index is 0.147. The van der Waals surface area contributed by atoms with Crippen molar-refractivity contribution in [1.29, 1.82) is 0 Å². The summed E-state index contributed by atoms with van der Waals surface area (Å²) in [5.74, 6) is 0. The second-order valence-electron chi connectivity index (χ2n) is 5.17. The van der Waals surface area contributed by atoms with Crippen molar-refractivity contribution in [3.8, 4) is 0 Å². The molecule has 0 aromatic heterocycles. The van der Waals surface area contributed by atoms with E-state index in [1.54, 1.807) is 14.2 Å². The predicted molar refractivity (Wildman–Crippen MR) is 82.0 cm³/mol. The summed E-state index contributed by atoms with van der Waals surface area (Å²) in [6.45, 7) is 1.28. The van der Waals surface area contributed by atoms with Crippen molar-refractivity contribution in [3.63, 3.8) is 0 Å². The Balaban J connectivity index is 2.36. The van der Waals surface area contributed by atoms with Crippen LogP contribution in [0.4, 0.5) is 0 Å². The van der Waals surface area contributed by atoms with Crippen molar-refractivity contribution in [2.24, 2.45) is 0 Å². The largest absolute Gasteiger partial charge is 0.384 e. The maximum absolute atomic E-state index is 5.51. The van der Waals surface area contributed by atoms with Crippen molar-refractivity contribution < 1.29 is 9.47 Å². The van der Waals surface area contributed by atoms with Crippen molar-refractivity contribution >= 4 is 0 Å². The van der Waals surface area contributed by atoms with Gasteiger partial charge in [-0.15, -0.1) is 0 Å². The van der Waals surface area contributed by atoms with Gasteiger partial charge in [-0.2, -0.15) is 0 Å². The van der Waals surface area contributed by atoms with E-state index in [0.717, 1.165) is 6.42 Å². The topological polar surface area (TPSA) is 18.5 Å². The second kappa shape index (κ2) is 7.22. The van der Waals surface area contributed by atoms with Crippen LogP contribution in [0.25, 0.3) is 0 Å². The van der Waals surface area contributed by atoms with Crippen LogP contribution in [0.3, 0.4) is 0 Å². The zero-order valence-corrected chi connectivity index (χ0v) is 12.2. The molecular formula is C18H22O2. The van der Waals surface area contributed by atoms with Crippen LogP contribution >= 0.6 is 0 Å². The van der Waals surface area contributed by atoms with Gasteiger partial charge in [-0.1, -0.05) is 60.7 Å². The summed E-state index contributed by atoms with van der Waals surface area (Å²) in [6, 6.07) is 21.0. The van der Waals surface area contributed by atoms with E-state index < -0.39 is 0 Å². The van der Waals surface area contributed by atoms with Crippen LogP contribution in [-0.2, 0) is 21.3 Å². The molecule has 0 heterocycles. The summed E-state index contributed by atoms with van der Waals surface area (Å²) in [5.41, 5.74) is 2.41. The fourth-order valence-electron chi connectivity index (χ4n) is 2.74. The fourth-order valence-corrected chi connectivity index (χ4v) is 2.74. The van der Waals surface area contributed by atoms with Gasteiger partial charge in [0.2, 0.25) is 0 Å². The van der Waals surface area contributed by atoms with Crippen LogP contribution < -0.4 is 0 Å². The third-order valence-electron chi connectivity index (χ3n) is 3.61. The summed E-state index contributed by atoms with van der Waals surface area (Å²) in [7, 11) is 3.50. The molecule has 0 fully saturated rings. The molecule has 0 aliphatic rings. The van der Waals surface area contributed by atoms with Crippen molar-refractivity contribution in [1.82, 2.24) is 0 Å². The molecule has 0 saturated carbocycles. The molecular weight excluding hydrogens is 248 g/mol. The summed E-state index contributed by atoms with van der Waals surface area (Å²) < 4.78 is 11.0. The van der Waals surface area contributed by atoms with E-state index in [-0.39, 0.29) is 5.41 Å². The van der Waals surface area contributed by atoms with Gasteiger partial charge in [0, 0.05) is 19.6 Å². The maximum Gasteiger partial charge on any atom is 0.0584 e. The molecule has 2 aromatic rings. The Labute approximate surface area is 121 Å². The highest BCUT2D eigenvalue weighted by Crippen LogP contribution is 2.29. The van der Waals surface area contributed by atoms with Gasteiger partial charge in [-0.25, -0.2) is 0 Å². The van der Waals surface area contributed by atoms with E-state index in [0.29, 0.717) is 13.2 Å². The van der Waals surface area contributed by atoms with E-state index in [2.05, 4.69) is 48.5 Å². The molecule has 2 heteroatoms. The Morgan fingerprint density at radius 2 is 1.25 bits per heavy atom. The lowest BCUT2D eigenvalue weighted by Gasteiger charge is -2.33. The maximum atomic E-state index is 5.51. The first-order chi connectivity index (χ1) is 9.80. The molecule has 0 bridgehead atoms. The molecule has 0 aliphatic carbocycles. The van der Waals surface area contributed by atoms with Crippen molar-refractivity contribution in [2.45, 2.75) is 11.8 Å². The zero-order chi connectivity index (χ0) is 14.3. The van der Waals surface area contributed by atoms with Gasteiger partial charge in [0.1, 0.15) is 0 Å². The highest BCUT2D eigenvalue weighted by Gasteiger charge is 2.32. The van der Waals surface area contributed by atoms with Gasteiger partial charge in [0.05, 0.1) is 13.2 Å². The molecule has 2 nitrogen and oxygen atoms in total. The second-order valence-corrected chi connectivity index (χ2v) is 5.17. The quantitative estimate of drug-likeness (QED) is 0.767. The van der Waals surface area contributed by atoms with Crippen LogP contribution in [0, 0.1) is 0 Å². The molecule has 0 amide bonds. The van der Waals surface area contributed by atoms with Crippen LogP contribution in [-0.4, -0.2) is 27.4 Å². The van der Waals surface area contributed by atoms with Gasteiger partial charge in [-0.3, -0.25) is 0 Å². The lowest BCUT2D eigenvalue weighted by atomic mass is 9.76. The third kappa shape index (κ3) is 3.47. The molecule has 0 saturated heterocycles. The van der Waals surface area contributed by atoms with E-state index in [1.807, 2.05) is 12.1 Å². The summed E-state index contributed by atoms with van der Waals surface area (Å²) in [5, 5.41) is 0. The molecule has 106 valence electrons. The molecule has 0 atom stereocenters. The van der Waals surface area contributed by atoms with Gasteiger partial charge >= 0.3 is 0 Å². The molecule has 20 heavy (non-hydrogen) atoms. The Morgan fingerprint density at radius 1 is 0.750 bits per heavy atom. The molecule has 0 N–H and O–H groups in total. The average molecular weight is 270 g/mol. The molecule has 0 spiro atoms. The fraction of sp³-hybridized carbons (Fsp3) is 0.333. The SMILES string of the molecule is COCC(COC)(Cc1ccccc1)c1ccccc1. The van der Waals surface area contributed by atoms with Crippen molar-refractivity contribution in [2.75, 3.05) is 27.4 Å². The summed E-state index contributed by atoms with van der Waals surface area (Å²) in [6.07, 6.45) is 0.902. The first-order valence-corrected chi connectivity index (χ1v) is 6.88. The van der Waals surface area contributed by atoms with Crippen LogP contribution in [0.1, 0.15) is 11.1 Å².